The summed E-state index contributed by atoms with van der Waals surface area (Å²) in [5.74, 6) is -0.493. The van der Waals surface area contributed by atoms with E-state index in [0.717, 1.165) is 15.4 Å². The quantitative estimate of drug-likeness (QED) is 0.878. The molecule has 0 spiro atoms. The largest absolute Gasteiger partial charge is 0.310 e. The van der Waals surface area contributed by atoms with Crippen LogP contribution in [0.1, 0.15) is 18.4 Å². The molecule has 0 bridgehead atoms. The maximum atomic E-state index is 13.6. The average Bonchev–Trinajstić information content (AvgIpc) is 3.23. The lowest BCUT2D eigenvalue weighted by atomic mass is 10.2. The molecule has 0 saturated heterocycles. The number of hydrogen-bond donors (Lipinski definition) is 1. The van der Waals surface area contributed by atoms with Crippen molar-refractivity contribution in [1.82, 2.24) is 5.32 Å². The van der Waals surface area contributed by atoms with Crippen LogP contribution in [0, 0.1) is 11.6 Å². The van der Waals surface area contributed by atoms with Gasteiger partial charge >= 0.3 is 0 Å². The summed E-state index contributed by atoms with van der Waals surface area (Å²) in [6.07, 6.45) is 2.43. The van der Waals surface area contributed by atoms with Gasteiger partial charge in [-0.2, -0.15) is 0 Å². The van der Waals surface area contributed by atoms with E-state index in [1.807, 2.05) is 6.07 Å². The average molecular weight is 291 g/mol. The van der Waals surface area contributed by atoms with Gasteiger partial charge in [-0.25, -0.2) is 8.78 Å². The molecule has 1 N–H and O–H groups in total. The molecular weight excluding hydrogens is 276 g/mol. The van der Waals surface area contributed by atoms with Gasteiger partial charge in [0.25, 0.3) is 0 Å². The topological polar surface area (TPSA) is 12.0 Å². The summed E-state index contributed by atoms with van der Waals surface area (Å²) in [5, 5.41) is 3.37. The summed E-state index contributed by atoms with van der Waals surface area (Å²) in [5.41, 5.74) is 0.946. The first-order valence-electron chi connectivity index (χ1n) is 6.65. The van der Waals surface area contributed by atoms with Gasteiger partial charge in [0.1, 0.15) is 11.6 Å². The van der Waals surface area contributed by atoms with E-state index in [1.54, 1.807) is 18.2 Å². The molecule has 0 heterocycles. The lowest BCUT2D eigenvalue weighted by Gasteiger charge is -2.07. The Morgan fingerprint density at radius 1 is 0.950 bits per heavy atom. The Kier molecular flexibility index (Phi) is 4.03. The summed E-state index contributed by atoms with van der Waals surface area (Å²) < 4.78 is 26.5. The van der Waals surface area contributed by atoms with Crippen LogP contribution in [0.5, 0.6) is 0 Å². The van der Waals surface area contributed by atoms with E-state index < -0.39 is 0 Å². The first-order valence-corrected chi connectivity index (χ1v) is 7.47. The molecule has 1 nitrogen and oxygen atoms in total. The van der Waals surface area contributed by atoms with Crippen LogP contribution in [0.25, 0.3) is 0 Å². The second kappa shape index (κ2) is 5.94. The fourth-order valence-electron chi connectivity index (χ4n) is 1.97. The van der Waals surface area contributed by atoms with Gasteiger partial charge in [-0.3, -0.25) is 0 Å². The summed E-state index contributed by atoms with van der Waals surface area (Å²) in [4.78, 5) is 1.74. The monoisotopic (exact) mass is 291 g/mol. The molecule has 2 aromatic rings. The minimum atomic E-state index is -0.261. The van der Waals surface area contributed by atoms with Gasteiger partial charge < -0.3 is 5.32 Å². The lowest BCUT2D eigenvalue weighted by molar-refractivity contribution is 0.615. The van der Waals surface area contributed by atoms with Crippen LogP contribution in [0.2, 0.25) is 0 Å². The zero-order chi connectivity index (χ0) is 13.9. The standard InChI is InChI=1S/C16H15F2NS/c17-12-1-5-15(6-2-12)20-16-8-11(7-13(18)9-16)10-19-14-3-4-14/h1-2,5-9,14,19H,3-4,10H2. The first kappa shape index (κ1) is 13.6. The molecule has 1 fully saturated rings. The van der Waals surface area contributed by atoms with E-state index in [-0.39, 0.29) is 11.6 Å². The van der Waals surface area contributed by atoms with Crippen molar-refractivity contribution in [3.8, 4) is 0 Å². The Balaban J connectivity index is 1.72. The Morgan fingerprint density at radius 3 is 2.40 bits per heavy atom. The zero-order valence-electron chi connectivity index (χ0n) is 10.9. The third kappa shape index (κ3) is 3.81. The Labute approximate surface area is 121 Å². The molecule has 0 aromatic heterocycles. The van der Waals surface area contributed by atoms with Gasteiger partial charge in [0.2, 0.25) is 0 Å². The molecule has 1 aliphatic carbocycles. The van der Waals surface area contributed by atoms with Gasteiger partial charge in [0, 0.05) is 22.4 Å². The molecule has 0 radical (unpaired) electrons. The molecule has 0 amide bonds. The van der Waals surface area contributed by atoms with Gasteiger partial charge in [-0.05, 0) is 60.9 Å². The molecule has 0 unspecified atom stereocenters. The Hall–Kier alpha value is -1.39. The van der Waals surface area contributed by atoms with E-state index >= 15 is 0 Å². The van der Waals surface area contributed by atoms with Crippen molar-refractivity contribution < 1.29 is 8.78 Å². The van der Waals surface area contributed by atoms with Crippen molar-refractivity contribution in [2.24, 2.45) is 0 Å². The highest BCUT2D eigenvalue weighted by atomic mass is 32.2. The van der Waals surface area contributed by atoms with Gasteiger partial charge in [-0.1, -0.05) is 11.8 Å². The fourth-order valence-corrected chi connectivity index (χ4v) is 2.90. The minimum Gasteiger partial charge on any atom is -0.310 e. The van der Waals surface area contributed by atoms with E-state index in [4.69, 9.17) is 0 Å². The Bertz CT molecular complexity index is 594. The van der Waals surface area contributed by atoms with Crippen LogP contribution in [0.3, 0.4) is 0 Å². The zero-order valence-corrected chi connectivity index (χ0v) is 11.7. The Morgan fingerprint density at radius 2 is 1.70 bits per heavy atom. The molecule has 0 aliphatic heterocycles. The molecule has 104 valence electrons. The van der Waals surface area contributed by atoms with Crippen LogP contribution in [0.4, 0.5) is 8.78 Å². The number of nitrogens with one attached hydrogen (secondary N) is 1. The third-order valence-electron chi connectivity index (χ3n) is 3.15. The van der Waals surface area contributed by atoms with Crippen molar-refractivity contribution in [2.75, 3.05) is 0 Å². The van der Waals surface area contributed by atoms with E-state index in [0.29, 0.717) is 12.6 Å². The highest BCUT2D eigenvalue weighted by Crippen LogP contribution is 2.29. The summed E-state index contributed by atoms with van der Waals surface area (Å²) in [6.45, 7) is 0.694. The third-order valence-corrected chi connectivity index (χ3v) is 4.13. The predicted octanol–water partition coefficient (Wildman–Crippen LogP) is 4.37. The predicted molar refractivity (Wildman–Crippen MR) is 76.8 cm³/mol. The highest BCUT2D eigenvalue weighted by Gasteiger charge is 2.20. The summed E-state index contributed by atoms with van der Waals surface area (Å²) in [6, 6.07) is 11.9. The SMILES string of the molecule is Fc1ccc(Sc2cc(F)cc(CNC3CC3)c2)cc1. The molecule has 4 heteroatoms. The first-order chi connectivity index (χ1) is 9.69. The van der Waals surface area contributed by atoms with Crippen molar-refractivity contribution in [3.63, 3.8) is 0 Å². The summed E-state index contributed by atoms with van der Waals surface area (Å²) in [7, 11) is 0. The number of hydrogen-bond acceptors (Lipinski definition) is 2. The molecule has 1 aliphatic rings. The normalized spacial score (nSPS) is 14.5. The highest BCUT2D eigenvalue weighted by molar-refractivity contribution is 7.99. The summed E-state index contributed by atoms with van der Waals surface area (Å²) >= 11 is 1.44. The van der Waals surface area contributed by atoms with Crippen LogP contribution < -0.4 is 5.32 Å². The van der Waals surface area contributed by atoms with Crippen LogP contribution in [-0.2, 0) is 6.54 Å². The van der Waals surface area contributed by atoms with Crippen LogP contribution in [0.15, 0.2) is 52.3 Å². The van der Waals surface area contributed by atoms with Gasteiger partial charge in [0.05, 0.1) is 0 Å². The second-order valence-electron chi connectivity index (χ2n) is 5.01. The molecule has 1 saturated carbocycles. The molecule has 0 atom stereocenters. The van der Waals surface area contributed by atoms with Crippen molar-refractivity contribution >= 4 is 11.8 Å². The molecular formula is C16H15F2NS. The molecule has 20 heavy (non-hydrogen) atoms. The van der Waals surface area contributed by atoms with E-state index in [1.165, 1.54) is 42.8 Å². The smallest absolute Gasteiger partial charge is 0.124 e. The van der Waals surface area contributed by atoms with Gasteiger partial charge in [-0.15, -0.1) is 0 Å². The lowest BCUT2D eigenvalue weighted by Crippen LogP contribution is -2.15. The minimum absolute atomic E-state index is 0.232. The van der Waals surface area contributed by atoms with E-state index in [9.17, 15) is 8.78 Å². The van der Waals surface area contributed by atoms with Crippen molar-refractivity contribution in [1.29, 1.82) is 0 Å². The van der Waals surface area contributed by atoms with E-state index in [2.05, 4.69) is 5.32 Å². The van der Waals surface area contributed by atoms with Crippen molar-refractivity contribution in [2.45, 2.75) is 35.2 Å². The van der Waals surface area contributed by atoms with Crippen LogP contribution in [-0.4, -0.2) is 6.04 Å². The number of halogens is 2. The maximum Gasteiger partial charge on any atom is 0.124 e. The number of benzene rings is 2. The van der Waals surface area contributed by atoms with Crippen molar-refractivity contribution in [3.05, 3.63) is 59.7 Å². The molecule has 3 rings (SSSR count). The fraction of sp³-hybridized carbons (Fsp3) is 0.250. The van der Waals surface area contributed by atoms with Gasteiger partial charge in [0.15, 0.2) is 0 Å². The van der Waals surface area contributed by atoms with Crippen LogP contribution >= 0.6 is 11.8 Å². The second-order valence-corrected chi connectivity index (χ2v) is 6.15. The maximum absolute atomic E-state index is 13.6. The number of rotatable bonds is 5. The molecule has 2 aromatic carbocycles.